The Bertz CT molecular complexity index is 58.3. The van der Waals surface area contributed by atoms with Crippen LogP contribution in [0.25, 0.3) is 0 Å². The Morgan fingerprint density at radius 1 is 1.33 bits per heavy atom. The molecule has 0 atom stereocenters. The quantitative estimate of drug-likeness (QED) is 0.428. The summed E-state index contributed by atoms with van der Waals surface area (Å²) in [5.74, 6) is 0. The first-order valence-electron chi connectivity index (χ1n) is 2.30. The SMILES string of the molecule is NC1CC=CC1. The van der Waals surface area contributed by atoms with E-state index in [9.17, 15) is 0 Å². The molecule has 0 aliphatic heterocycles. The van der Waals surface area contributed by atoms with Crippen molar-refractivity contribution in [3.8, 4) is 0 Å². The van der Waals surface area contributed by atoms with E-state index in [0.717, 1.165) is 12.8 Å². The molecule has 1 heteroatoms. The molecule has 0 unspecified atom stereocenters. The molecule has 1 nitrogen and oxygen atoms in total. The molecule has 0 aromatic rings. The van der Waals surface area contributed by atoms with Crippen molar-refractivity contribution >= 4 is 0 Å². The largest absolute Gasteiger partial charge is 0.327 e. The number of hydrogen-bond donors (Lipinski definition) is 1. The van der Waals surface area contributed by atoms with Crippen molar-refractivity contribution < 1.29 is 0 Å². The third-order valence-corrected chi connectivity index (χ3v) is 1.04. The van der Waals surface area contributed by atoms with E-state index in [1.165, 1.54) is 0 Å². The molecule has 0 spiro atoms. The van der Waals surface area contributed by atoms with Crippen LogP contribution in [0.1, 0.15) is 12.8 Å². The summed E-state index contributed by atoms with van der Waals surface area (Å²) in [6.07, 6.45) is 6.43. The lowest BCUT2D eigenvalue weighted by Crippen LogP contribution is -2.13. The molecule has 0 fully saturated rings. The van der Waals surface area contributed by atoms with Crippen molar-refractivity contribution in [3.05, 3.63) is 12.2 Å². The van der Waals surface area contributed by atoms with E-state index in [1.807, 2.05) is 0 Å². The predicted octanol–water partition coefficient (Wildman–Crippen LogP) is 0.664. The smallest absolute Gasteiger partial charge is 0.0108 e. The maximum absolute atomic E-state index is 5.47. The summed E-state index contributed by atoms with van der Waals surface area (Å²) >= 11 is 0. The predicted molar refractivity (Wildman–Crippen MR) is 26.3 cm³/mol. The van der Waals surface area contributed by atoms with Crippen LogP contribution in [0.2, 0.25) is 0 Å². The van der Waals surface area contributed by atoms with Crippen molar-refractivity contribution in [2.75, 3.05) is 0 Å². The highest BCUT2D eigenvalue weighted by atomic mass is 14.6. The molecule has 6 heavy (non-hydrogen) atoms. The highest BCUT2D eigenvalue weighted by molar-refractivity contribution is 4.95. The van der Waals surface area contributed by atoms with E-state index >= 15 is 0 Å². The maximum atomic E-state index is 5.47. The van der Waals surface area contributed by atoms with E-state index in [-0.39, 0.29) is 0 Å². The van der Waals surface area contributed by atoms with Crippen LogP contribution >= 0.6 is 0 Å². The minimum Gasteiger partial charge on any atom is -0.327 e. The molecule has 2 N–H and O–H groups in total. The second-order valence-corrected chi connectivity index (χ2v) is 1.70. The standard InChI is InChI=1S/C5H9N/c6-5-3-1-2-4-5/h1-2,5H,3-4,6H2. The average molecular weight is 83.1 g/mol. The first-order valence-corrected chi connectivity index (χ1v) is 2.30. The molecule has 0 saturated carbocycles. The Balaban J connectivity index is 2.32. The van der Waals surface area contributed by atoms with E-state index in [1.54, 1.807) is 0 Å². The summed E-state index contributed by atoms with van der Waals surface area (Å²) in [6.45, 7) is 0. The third kappa shape index (κ3) is 0.601. The molecule has 0 heterocycles. The zero-order chi connectivity index (χ0) is 4.41. The van der Waals surface area contributed by atoms with Crippen LogP contribution in [0.5, 0.6) is 0 Å². The lowest BCUT2D eigenvalue weighted by molar-refractivity contribution is 0.732. The van der Waals surface area contributed by atoms with Gasteiger partial charge in [0.15, 0.2) is 0 Å². The lowest BCUT2D eigenvalue weighted by Gasteiger charge is -1.93. The number of hydrogen-bond acceptors (Lipinski definition) is 1. The van der Waals surface area contributed by atoms with Gasteiger partial charge in [-0.3, -0.25) is 0 Å². The molecular weight excluding hydrogens is 74.1 g/mol. The Kier molecular flexibility index (Phi) is 0.926. The van der Waals surface area contributed by atoms with Crippen LogP contribution < -0.4 is 5.73 Å². The molecule has 0 bridgehead atoms. The highest BCUT2D eigenvalue weighted by Crippen LogP contribution is 2.04. The number of rotatable bonds is 0. The van der Waals surface area contributed by atoms with Crippen LogP contribution in [-0.4, -0.2) is 6.04 Å². The summed E-state index contributed by atoms with van der Waals surface area (Å²) in [6, 6.07) is 0.435. The Morgan fingerprint density at radius 2 is 1.83 bits per heavy atom. The van der Waals surface area contributed by atoms with Gasteiger partial charge in [0.1, 0.15) is 0 Å². The van der Waals surface area contributed by atoms with Crippen LogP contribution in [0.15, 0.2) is 12.2 Å². The van der Waals surface area contributed by atoms with E-state index in [4.69, 9.17) is 5.73 Å². The Labute approximate surface area is 37.8 Å². The maximum Gasteiger partial charge on any atom is 0.0108 e. The van der Waals surface area contributed by atoms with Gasteiger partial charge in [-0.1, -0.05) is 12.2 Å². The first kappa shape index (κ1) is 3.88. The molecule has 34 valence electrons. The molecule has 0 radical (unpaired) electrons. The number of nitrogens with two attached hydrogens (primary N) is 1. The zero-order valence-corrected chi connectivity index (χ0v) is 3.72. The van der Waals surface area contributed by atoms with Gasteiger partial charge in [0, 0.05) is 6.04 Å². The van der Waals surface area contributed by atoms with Crippen molar-refractivity contribution in [2.24, 2.45) is 5.73 Å². The van der Waals surface area contributed by atoms with E-state index in [2.05, 4.69) is 12.2 Å². The van der Waals surface area contributed by atoms with Gasteiger partial charge in [0.05, 0.1) is 0 Å². The molecule has 1 aliphatic carbocycles. The molecule has 0 saturated heterocycles. The second kappa shape index (κ2) is 1.43. The molecule has 1 rings (SSSR count). The summed E-state index contributed by atoms with van der Waals surface area (Å²) < 4.78 is 0. The lowest BCUT2D eigenvalue weighted by atomic mass is 10.3. The summed E-state index contributed by atoms with van der Waals surface area (Å²) in [5.41, 5.74) is 5.47. The van der Waals surface area contributed by atoms with E-state index < -0.39 is 0 Å². The van der Waals surface area contributed by atoms with Gasteiger partial charge in [-0.15, -0.1) is 0 Å². The fourth-order valence-electron chi connectivity index (χ4n) is 0.638. The minimum absolute atomic E-state index is 0.435. The zero-order valence-electron chi connectivity index (χ0n) is 3.72. The van der Waals surface area contributed by atoms with Crippen LogP contribution in [0, 0.1) is 0 Å². The van der Waals surface area contributed by atoms with Gasteiger partial charge < -0.3 is 5.73 Å². The van der Waals surface area contributed by atoms with Gasteiger partial charge in [0.25, 0.3) is 0 Å². The summed E-state index contributed by atoms with van der Waals surface area (Å²) in [5, 5.41) is 0. The molecular formula is C5H9N. The highest BCUT2D eigenvalue weighted by Gasteiger charge is 2.00. The Morgan fingerprint density at radius 3 is 2.00 bits per heavy atom. The summed E-state index contributed by atoms with van der Waals surface area (Å²) in [7, 11) is 0. The van der Waals surface area contributed by atoms with Gasteiger partial charge in [-0.05, 0) is 12.8 Å². The van der Waals surface area contributed by atoms with Crippen molar-refractivity contribution in [1.82, 2.24) is 0 Å². The average Bonchev–Trinajstić information content (AvgIpc) is 1.86. The van der Waals surface area contributed by atoms with Gasteiger partial charge in [0.2, 0.25) is 0 Å². The second-order valence-electron chi connectivity index (χ2n) is 1.70. The molecule has 0 aromatic heterocycles. The van der Waals surface area contributed by atoms with E-state index in [0.29, 0.717) is 6.04 Å². The fraction of sp³-hybridized carbons (Fsp3) is 0.600. The third-order valence-electron chi connectivity index (χ3n) is 1.04. The van der Waals surface area contributed by atoms with Crippen molar-refractivity contribution in [1.29, 1.82) is 0 Å². The normalized spacial score (nSPS) is 22.8. The molecule has 0 aromatic carbocycles. The minimum atomic E-state index is 0.435. The van der Waals surface area contributed by atoms with Gasteiger partial charge >= 0.3 is 0 Å². The summed E-state index contributed by atoms with van der Waals surface area (Å²) in [4.78, 5) is 0. The fourth-order valence-corrected chi connectivity index (χ4v) is 0.638. The van der Waals surface area contributed by atoms with Gasteiger partial charge in [-0.25, -0.2) is 0 Å². The van der Waals surface area contributed by atoms with Crippen molar-refractivity contribution in [2.45, 2.75) is 18.9 Å². The monoisotopic (exact) mass is 83.1 g/mol. The topological polar surface area (TPSA) is 26.0 Å². The van der Waals surface area contributed by atoms with Gasteiger partial charge in [-0.2, -0.15) is 0 Å². The molecule has 0 amide bonds. The van der Waals surface area contributed by atoms with Crippen LogP contribution in [0.3, 0.4) is 0 Å². The van der Waals surface area contributed by atoms with Crippen molar-refractivity contribution in [3.63, 3.8) is 0 Å². The van der Waals surface area contributed by atoms with Crippen LogP contribution in [0.4, 0.5) is 0 Å². The van der Waals surface area contributed by atoms with Crippen LogP contribution in [-0.2, 0) is 0 Å². The Hall–Kier alpha value is -0.300. The molecule has 1 aliphatic rings. The first-order chi connectivity index (χ1) is 2.89.